The summed E-state index contributed by atoms with van der Waals surface area (Å²) in [5, 5.41) is 11.2. The molecule has 9 nitrogen and oxygen atoms in total. The highest BCUT2D eigenvalue weighted by atomic mass is 19.4. The van der Waals surface area contributed by atoms with E-state index in [0.717, 1.165) is 31.1 Å². The van der Waals surface area contributed by atoms with Gasteiger partial charge >= 0.3 is 12.1 Å². The van der Waals surface area contributed by atoms with Crippen LogP contribution in [0.2, 0.25) is 0 Å². The van der Waals surface area contributed by atoms with Gasteiger partial charge in [-0.3, -0.25) is 9.69 Å². The number of nitrogens with zero attached hydrogens (tertiary/aromatic N) is 3. The predicted octanol–water partition coefficient (Wildman–Crippen LogP) is 2.18. The fourth-order valence-electron chi connectivity index (χ4n) is 3.57. The zero-order chi connectivity index (χ0) is 22.6. The number of carbonyl (C=O) groups is 2. The molecule has 4 rings (SSSR count). The summed E-state index contributed by atoms with van der Waals surface area (Å²) in [4.78, 5) is 25.6. The molecule has 2 aromatic rings. The second kappa shape index (κ2) is 9.52. The number of fused-ring (bicyclic) bond motifs is 1. The van der Waals surface area contributed by atoms with E-state index >= 15 is 0 Å². The standard InChI is InChI=1S/C17H21N3O4.C2HF3O2/c1-12-7-14(18-24-12)10-19-8-13-9-20(4-6-23-16(13)11-19)17(21)15-3-2-5-22-15;3-2(4,5)1(6)7/h2-3,5,7,13,16H,4,6,8-11H2,1H3;(H,6,7)/t13-,16-;/m1./s1. The predicted molar refractivity (Wildman–Crippen MR) is 98.0 cm³/mol. The molecule has 0 bridgehead atoms. The Labute approximate surface area is 175 Å². The molecule has 1 N–H and O–H groups in total. The van der Waals surface area contributed by atoms with E-state index in [9.17, 15) is 18.0 Å². The summed E-state index contributed by atoms with van der Waals surface area (Å²) in [7, 11) is 0. The van der Waals surface area contributed by atoms with E-state index in [0.29, 0.717) is 31.4 Å². The lowest BCUT2D eigenvalue weighted by Gasteiger charge is -2.22. The van der Waals surface area contributed by atoms with Crippen LogP contribution < -0.4 is 0 Å². The van der Waals surface area contributed by atoms with Gasteiger partial charge < -0.3 is 23.7 Å². The molecule has 1 amide bonds. The van der Waals surface area contributed by atoms with Gasteiger partial charge in [0, 0.05) is 44.7 Å². The molecule has 12 heteroatoms. The number of hydrogen-bond donors (Lipinski definition) is 1. The molecule has 0 spiro atoms. The molecular formula is C19H22F3N3O6. The highest BCUT2D eigenvalue weighted by molar-refractivity contribution is 5.91. The maximum absolute atomic E-state index is 12.5. The summed E-state index contributed by atoms with van der Waals surface area (Å²) in [5.41, 5.74) is 0.937. The van der Waals surface area contributed by atoms with E-state index in [1.54, 1.807) is 12.1 Å². The normalized spacial score (nSPS) is 21.7. The van der Waals surface area contributed by atoms with Crippen molar-refractivity contribution in [2.45, 2.75) is 25.7 Å². The first-order valence-corrected chi connectivity index (χ1v) is 9.52. The number of aromatic nitrogens is 1. The topological polar surface area (TPSA) is 109 Å². The van der Waals surface area contributed by atoms with Crippen LogP contribution in [-0.2, 0) is 16.1 Å². The van der Waals surface area contributed by atoms with E-state index in [4.69, 9.17) is 23.6 Å². The van der Waals surface area contributed by atoms with Crippen LogP contribution in [0.1, 0.15) is 22.0 Å². The van der Waals surface area contributed by atoms with E-state index < -0.39 is 12.1 Å². The lowest BCUT2D eigenvalue weighted by molar-refractivity contribution is -0.192. The maximum Gasteiger partial charge on any atom is 0.490 e. The Hall–Kier alpha value is -2.86. The molecule has 2 atom stereocenters. The summed E-state index contributed by atoms with van der Waals surface area (Å²) in [5.74, 6) is -1.30. The number of ether oxygens (including phenoxy) is 1. The van der Waals surface area contributed by atoms with Crippen molar-refractivity contribution in [1.82, 2.24) is 15.0 Å². The number of aliphatic carboxylic acids is 1. The summed E-state index contributed by atoms with van der Waals surface area (Å²) >= 11 is 0. The van der Waals surface area contributed by atoms with E-state index in [1.165, 1.54) is 6.26 Å². The van der Waals surface area contributed by atoms with Crippen LogP contribution in [-0.4, -0.2) is 77.0 Å². The van der Waals surface area contributed by atoms with Gasteiger partial charge in [0.05, 0.1) is 24.7 Å². The highest BCUT2D eigenvalue weighted by Crippen LogP contribution is 2.25. The van der Waals surface area contributed by atoms with Crippen molar-refractivity contribution in [1.29, 1.82) is 0 Å². The second-order valence-corrected chi connectivity index (χ2v) is 7.32. The number of carboxylic acids is 1. The number of halogens is 3. The summed E-state index contributed by atoms with van der Waals surface area (Å²) in [6.45, 7) is 6.25. The average Bonchev–Trinajstić information content (AvgIpc) is 3.41. The Kier molecular flexibility index (Phi) is 7.01. The van der Waals surface area contributed by atoms with Crippen LogP contribution in [0.5, 0.6) is 0 Å². The number of aryl methyl sites for hydroxylation is 1. The number of furan rings is 1. The van der Waals surface area contributed by atoms with Crippen LogP contribution in [0, 0.1) is 12.8 Å². The van der Waals surface area contributed by atoms with Gasteiger partial charge in [-0.2, -0.15) is 13.2 Å². The summed E-state index contributed by atoms with van der Waals surface area (Å²) < 4.78 is 48.1. The molecule has 2 saturated heterocycles. The fourth-order valence-corrected chi connectivity index (χ4v) is 3.57. The summed E-state index contributed by atoms with van der Waals surface area (Å²) in [6.07, 6.45) is -3.39. The molecule has 4 heterocycles. The van der Waals surface area contributed by atoms with Gasteiger partial charge in [-0.25, -0.2) is 4.79 Å². The third-order valence-corrected chi connectivity index (χ3v) is 4.93. The molecule has 2 fully saturated rings. The Morgan fingerprint density at radius 3 is 2.61 bits per heavy atom. The van der Waals surface area contributed by atoms with Crippen molar-refractivity contribution < 1.29 is 41.5 Å². The summed E-state index contributed by atoms with van der Waals surface area (Å²) in [6, 6.07) is 5.41. The van der Waals surface area contributed by atoms with E-state index in [1.807, 2.05) is 17.9 Å². The molecule has 0 saturated carbocycles. The highest BCUT2D eigenvalue weighted by Gasteiger charge is 2.39. The minimum atomic E-state index is -5.08. The van der Waals surface area contributed by atoms with E-state index in [-0.39, 0.29) is 12.0 Å². The molecule has 2 aliphatic heterocycles. The molecule has 0 radical (unpaired) electrons. The number of likely N-dealkylation sites (tertiary alicyclic amines) is 1. The number of carbonyl (C=O) groups excluding carboxylic acids is 1. The zero-order valence-electron chi connectivity index (χ0n) is 16.7. The quantitative estimate of drug-likeness (QED) is 0.766. The smallest absolute Gasteiger partial charge is 0.475 e. The first-order valence-electron chi connectivity index (χ1n) is 9.52. The third kappa shape index (κ3) is 6.07. The van der Waals surface area contributed by atoms with Gasteiger partial charge in [-0.1, -0.05) is 5.16 Å². The first kappa shape index (κ1) is 22.8. The Morgan fingerprint density at radius 2 is 2.03 bits per heavy atom. The maximum atomic E-state index is 12.5. The molecule has 0 aromatic carbocycles. The van der Waals surface area contributed by atoms with Crippen molar-refractivity contribution in [3.8, 4) is 0 Å². The van der Waals surface area contributed by atoms with Crippen LogP contribution in [0.15, 0.2) is 33.4 Å². The molecule has 0 unspecified atom stereocenters. The van der Waals surface area contributed by atoms with E-state index in [2.05, 4.69) is 10.1 Å². The van der Waals surface area contributed by atoms with Crippen molar-refractivity contribution in [2.75, 3.05) is 32.8 Å². The number of carboxylic acid groups (broad SMARTS) is 1. The van der Waals surface area contributed by atoms with Crippen LogP contribution in [0.4, 0.5) is 13.2 Å². The minimum Gasteiger partial charge on any atom is -0.475 e. The monoisotopic (exact) mass is 445 g/mol. The van der Waals surface area contributed by atoms with Gasteiger partial charge in [0.25, 0.3) is 5.91 Å². The zero-order valence-corrected chi connectivity index (χ0v) is 16.7. The fraction of sp³-hybridized carbons (Fsp3) is 0.526. The first-order chi connectivity index (χ1) is 14.6. The minimum absolute atomic E-state index is 0.0603. The molecule has 31 heavy (non-hydrogen) atoms. The molecular weight excluding hydrogens is 423 g/mol. The van der Waals surface area contributed by atoms with Crippen molar-refractivity contribution in [3.05, 3.63) is 41.7 Å². The molecule has 2 aliphatic rings. The van der Waals surface area contributed by atoms with Gasteiger partial charge in [-0.05, 0) is 19.1 Å². The number of hydrogen-bond acceptors (Lipinski definition) is 7. The van der Waals surface area contributed by atoms with Crippen molar-refractivity contribution in [2.24, 2.45) is 5.92 Å². The van der Waals surface area contributed by atoms with Crippen LogP contribution in [0.3, 0.4) is 0 Å². The third-order valence-electron chi connectivity index (χ3n) is 4.93. The Balaban J connectivity index is 0.000000339. The Bertz CT molecular complexity index is 883. The number of rotatable bonds is 3. The van der Waals surface area contributed by atoms with Crippen molar-refractivity contribution in [3.63, 3.8) is 0 Å². The molecule has 2 aromatic heterocycles. The van der Waals surface area contributed by atoms with Gasteiger partial charge in [0.1, 0.15) is 5.76 Å². The van der Waals surface area contributed by atoms with Crippen molar-refractivity contribution >= 4 is 11.9 Å². The second-order valence-electron chi connectivity index (χ2n) is 7.32. The lowest BCUT2D eigenvalue weighted by Crippen LogP contribution is -2.37. The SMILES string of the molecule is Cc1cc(CN2C[C@@H]3CN(C(=O)c4ccco4)CCO[C@@H]3C2)no1.O=C(O)C(F)(F)F. The average molecular weight is 445 g/mol. The number of amides is 1. The molecule has 0 aliphatic carbocycles. The van der Waals surface area contributed by atoms with Crippen LogP contribution >= 0.6 is 0 Å². The largest absolute Gasteiger partial charge is 0.490 e. The lowest BCUT2D eigenvalue weighted by atomic mass is 10.1. The van der Waals surface area contributed by atoms with Crippen LogP contribution in [0.25, 0.3) is 0 Å². The van der Waals surface area contributed by atoms with Gasteiger partial charge in [0.2, 0.25) is 0 Å². The molecule has 170 valence electrons. The van der Waals surface area contributed by atoms with Gasteiger partial charge in [-0.15, -0.1) is 0 Å². The van der Waals surface area contributed by atoms with Gasteiger partial charge in [0.15, 0.2) is 5.76 Å². The number of alkyl halides is 3. The Morgan fingerprint density at radius 1 is 1.29 bits per heavy atom.